The fourth-order valence-corrected chi connectivity index (χ4v) is 4.95. The zero-order valence-corrected chi connectivity index (χ0v) is 19.3. The SMILES string of the molecule is CCCCc1noc([C@@H](C)Sc2nnc(-c3c[nH]c4ccccc34)n2C[C@H]2CCCO2)n1. The molecule has 0 saturated carbocycles. The van der Waals surface area contributed by atoms with E-state index in [1.165, 1.54) is 0 Å². The first-order chi connectivity index (χ1) is 15.7. The average molecular weight is 453 g/mol. The van der Waals surface area contributed by atoms with Gasteiger partial charge in [0.1, 0.15) is 0 Å². The van der Waals surface area contributed by atoms with Gasteiger partial charge in [0.2, 0.25) is 5.89 Å². The average Bonchev–Trinajstić information content (AvgIpc) is 3.60. The van der Waals surface area contributed by atoms with Crippen LogP contribution in [0.3, 0.4) is 0 Å². The molecule has 8 nitrogen and oxygen atoms in total. The number of hydrogen-bond acceptors (Lipinski definition) is 7. The van der Waals surface area contributed by atoms with E-state index in [1.54, 1.807) is 11.8 Å². The topological polar surface area (TPSA) is 94.7 Å². The third kappa shape index (κ3) is 4.31. The largest absolute Gasteiger partial charge is 0.376 e. The Balaban J connectivity index is 1.44. The maximum Gasteiger partial charge on any atom is 0.239 e. The number of hydrogen-bond donors (Lipinski definition) is 1. The van der Waals surface area contributed by atoms with Gasteiger partial charge >= 0.3 is 0 Å². The summed E-state index contributed by atoms with van der Waals surface area (Å²) in [5.41, 5.74) is 2.13. The molecule has 0 bridgehead atoms. The Morgan fingerprint density at radius 2 is 2.19 bits per heavy atom. The Morgan fingerprint density at radius 1 is 1.28 bits per heavy atom. The van der Waals surface area contributed by atoms with Crippen molar-refractivity contribution in [2.75, 3.05) is 6.61 Å². The number of ether oxygens (including phenoxy) is 1. The second-order valence-corrected chi connectivity index (χ2v) is 9.52. The first kappa shape index (κ1) is 21.2. The highest BCUT2D eigenvalue weighted by Gasteiger charge is 2.25. The lowest BCUT2D eigenvalue weighted by atomic mass is 10.1. The van der Waals surface area contributed by atoms with Crippen molar-refractivity contribution in [3.63, 3.8) is 0 Å². The van der Waals surface area contributed by atoms with Crippen molar-refractivity contribution in [3.05, 3.63) is 42.2 Å². The summed E-state index contributed by atoms with van der Waals surface area (Å²) in [6.07, 6.45) is 7.34. The van der Waals surface area contributed by atoms with Crippen molar-refractivity contribution >= 4 is 22.7 Å². The van der Waals surface area contributed by atoms with E-state index in [0.717, 1.165) is 78.5 Å². The Kier molecular flexibility index (Phi) is 6.27. The molecule has 1 aliphatic heterocycles. The highest BCUT2D eigenvalue weighted by Crippen LogP contribution is 2.36. The molecule has 1 aliphatic rings. The lowest BCUT2D eigenvalue weighted by Gasteiger charge is -2.15. The van der Waals surface area contributed by atoms with Crippen molar-refractivity contribution in [1.29, 1.82) is 0 Å². The molecule has 0 spiro atoms. The lowest BCUT2D eigenvalue weighted by Crippen LogP contribution is -2.16. The first-order valence-electron chi connectivity index (χ1n) is 11.3. The maximum absolute atomic E-state index is 5.94. The van der Waals surface area contributed by atoms with E-state index in [4.69, 9.17) is 9.26 Å². The zero-order chi connectivity index (χ0) is 21.9. The summed E-state index contributed by atoms with van der Waals surface area (Å²) in [5, 5.41) is 15.2. The normalized spacial score (nSPS) is 17.4. The Hall–Kier alpha value is -2.65. The molecule has 4 aromatic rings. The highest BCUT2D eigenvalue weighted by molar-refractivity contribution is 7.99. The molecular weight excluding hydrogens is 424 g/mol. The highest BCUT2D eigenvalue weighted by atomic mass is 32.2. The van der Waals surface area contributed by atoms with Crippen LogP contribution in [0.1, 0.15) is 56.5 Å². The Bertz CT molecular complexity index is 1180. The second kappa shape index (κ2) is 9.46. The minimum absolute atomic E-state index is 0.0267. The Morgan fingerprint density at radius 3 is 3.03 bits per heavy atom. The molecule has 2 atom stereocenters. The molecule has 0 aliphatic carbocycles. The number of fused-ring (bicyclic) bond motifs is 1. The molecule has 4 heterocycles. The van der Waals surface area contributed by atoms with Crippen LogP contribution in [-0.2, 0) is 17.7 Å². The molecule has 32 heavy (non-hydrogen) atoms. The number of aromatic nitrogens is 6. The van der Waals surface area contributed by atoms with Crippen LogP contribution in [0.15, 0.2) is 40.1 Å². The minimum Gasteiger partial charge on any atom is -0.376 e. The summed E-state index contributed by atoms with van der Waals surface area (Å²) in [4.78, 5) is 7.94. The molecule has 1 fully saturated rings. The first-order valence-corrected chi connectivity index (χ1v) is 12.2. The number of unbranched alkanes of at least 4 members (excludes halogenated alkanes) is 1. The number of thioether (sulfide) groups is 1. The second-order valence-electron chi connectivity index (χ2n) is 8.21. The van der Waals surface area contributed by atoms with Crippen LogP contribution in [0.2, 0.25) is 0 Å². The van der Waals surface area contributed by atoms with Gasteiger partial charge in [-0.15, -0.1) is 10.2 Å². The molecule has 0 unspecified atom stereocenters. The number of nitrogens with one attached hydrogen (secondary N) is 1. The molecule has 0 radical (unpaired) electrons. The number of rotatable bonds is 9. The standard InChI is InChI=1S/C23H28N6O2S/c1-3-4-11-20-25-22(31-28-20)15(2)32-23-27-26-21(29(23)14-16-8-7-12-30-16)18-13-24-19-10-6-5-9-17(18)19/h5-6,9-10,13,15-16,24H,3-4,7-8,11-12,14H2,1-2H3/t15-,16-/m1/s1. The van der Waals surface area contributed by atoms with Gasteiger partial charge in [-0.1, -0.05) is 48.5 Å². The molecule has 0 amide bonds. The molecule has 1 saturated heterocycles. The van der Waals surface area contributed by atoms with Crippen LogP contribution >= 0.6 is 11.8 Å². The van der Waals surface area contributed by atoms with Gasteiger partial charge in [0, 0.05) is 35.7 Å². The monoisotopic (exact) mass is 452 g/mol. The maximum atomic E-state index is 5.94. The smallest absolute Gasteiger partial charge is 0.239 e. The van der Waals surface area contributed by atoms with Crippen molar-refractivity contribution in [3.8, 4) is 11.4 Å². The quantitative estimate of drug-likeness (QED) is 0.349. The van der Waals surface area contributed by atoms with Gasteiger partial charge in [0.05, 0.1) is 17.9 Å². The molecule has 168 valence electrons. The summed E-state index contributed by atoms with van der Waals surface area (Å²) < 4.78 is 13.7. The third-order valence-corrected chi connectivity index (χ3v) is 6.89. The molecular formula is C23H28N6O2S. The van der Waals surface area contributed by atoms with Gasteiger partial charge in [0.15, 0.2) is 16.8 Å². The van der Waals surface area contributed by atoms with E-state index < -0.39 is 0 Å². The van der Waals surface area contributed by atoms with E-state index in [0.29, 0.717) is 5.89 Å². The van der Waals surface area contributed by atoms with E-state index in [9.17, 15) is 0 Å². The van der Waals surface area contributed by atoms with E-state index in [-0.39, 0.29) is 11.4 Å². The van der Waals surface area contributed by atoms with Gasteiger partial charge in [-0.25, -0.2) is 0 Å². The number of para-hydroxylation sites is 1. The van der Waals surface area contributed by atoms with Gasteiger partial charge in [-0.05, 0) is 32.3 Å². The molecule has 9 heteroatoms. The number of aryl methyl sites for hydroxylation is 1. The number of H-pyrrole nitrogens is 1. The van der Waals surface area contributed by atoms with E-state index in [2.05, 4.69) is 55.9 Å². The van der Waals surface area contributed by atoms with E-state index in [1.807, 2.05) is 18.3 Å². The van der Waals surface area contributed by atoms with Crippen LogP contribution < -0.4 is 0 Å². The van der Waals surface area contributed by atoms with Gasteiger partial charge in [-0.3, -0.25) is 4.57 Å². The molecule has 3 aromatic heterocycles. The number of nitrogens with zero attached hydrogens (tertiary/aromatic N) is 5. The van der Waals surface area contributed by atoms with Gasteiger partial charge in [0.25, 0.3) is 0 Å². The number of aromatic amines is 1. The summed E-state index contributed by atoms with van der Waals surface area (Å²) in [6.45, 7) is 5.77. The summed E-state index contributed by atoms with van der Waals surface area (Å²) in [6, 6.07) is 8.26. The number of benzene rings is 1. The third-order valence-electron chi connectivity index (χ3n) is 5.82. The Labute approximate surface area is 191 Å². The van der Waals surface area contributed by atoms with Gasteiger partial charge < -0.3 is 14.2 Å². The van der Waals surface area contributed by atoms with Crippen LogP contribution in [0.5, 0.6) is 0 Å². The minimum atomic E-state index is -0.0267. The fraction of sp³-hybridized carbons (Fsp3) is 0.478. The summed E-state index contributed by atoms with van der Waals surface area (Å²) in [5.74, 6) is 2.25. The predicted octanol–water partition coefficient (Wildman–Crippen LogP) is 5.18. The van der Waals surface area contributed by atoms with Crippen LogP contribution in [0.25, 0.3) is 22.3 Å². The van der Waals surface area contributed by atoms with Crippen molar-refractivity contribution in [2.24, 2.45) is 0 Å². The van der Waals surface area contributed by atoms with Crippen LogP contribution in [0, 0.1) is 0 Å². The van der Waals surface area contributed by atoms with Crippen LogP contribution in [-0.4, -0.2) is 42.6 Å². The van der Waals surface area contributed by atoms with E-state index >= 15 is 0 Å². The predicted molar refractivity (Wildman–Crippen MR) is 123 cm³/mol. The molecule has 5 rings (SSSR count). The summed E-state index contributed by atoms with van der Waals surface area (Å²) >= 11 is 1.59. The van der Waals surface area contributed by atoms with Crippen molar-refractivity contribution < 1.29 is 9.26 Å². The fourth-order valence-electron chi connectivity index (χ4n) is 4.07. The van der Waals surface area contributed by atoms with Crippen molar-refractivity contribution in [2.45, 2.75) is 69.0 Å². The zero-order valence-electron chi connectivity index (χ0n) is 18.5. The summed E-state index contributed by atoms with van der Waals surface area (Å²) in [7, 11) is 0. The molecule has 1 N–H and O–H groups in total. The van der Waals surface area contributed by atoms with Crippen LogP contribution in [0.4, 0.5) is 0 Å². The van der Waals surface area contributed by atoms with Crippen molar-refractivity contribution in [1.82, 2.24) is 29.9 Å². The van der Waals surface area contributed by atoms with Gasteiger partial charge in [-0.2, -0.15) is 4.98 Å². The lowest BCUT2D eigenvalue weighted by molar-refractivity contribution is 0.0953. The molecule has 1 aromatic carbocycles.